The van der Waals surface area contributed by atoms with Crippen LogP contribution in [-0.4, -0.2) is 54.2 Å². The van der Waals surface area contributed by atoms with E-state index in [4.69, 9.17) is 11.1 Å². The molecule has 2 rings (SSSR count). The van der Waals surface area contributed by atoms with E-state index in [0.29, 0.717) is 11.6 Å². The summed E-state index contributed by atoms with van der Waals surface area (Å²) in [4.78, 5) is 4.43. The third-order valence-corrected chi connectivity index (χ3v) is 3.49. The van der Waals surface area contributed by atoms with Crippen LogP contribution in [0.1, 0.15) is 18.4 Å². The van der Waals surface area contributed by atoms with Crippen molar-refractivity contribution in [3.63, 3.8) is 0 Å². The molecule has 1 aliphatic rings. The van der Waals surface area contributed by atoms with Crippen LogP contribution in [0.2, 0.25) is 0 Å². The monoisotopic (exact) mass is 248 g/mol. The normalized spacial score (nSPS) is 17.2. The SMILES string of the molecule is CN(C)C1CCN(c2nnccc2C(=N)N)CC1. The van der Waals surface area contributed by atoms with Crippen molar-refractivity contribution in [1.82, 2.24) is 15.1 Å². The van der Waals surface area contributed by atoms with Gasteiger partial charge in [-0.05, 0) is 33.0 Å². The molecule has 1 aliphatic heterocycles. The molecule has 2 heterocycles. The van der Waals surface area contributed by atoms with E-state index in [-0.39, 0.29) is 5.84 Å². The largest absolute Gasteiger partial charge is 0.384 e. The van der Waals surface area contributed by atoms with E-state index in [9.17, 15) is 0 Å². The molecule has 0 unspecified atom stereocenters. The first-order chi connectivity index (χ1) is 8.59. The summed E-state index contributed by atoms with van der Waals surface area (Å²) >= 11 is 0. The van der Waals surface area contributed by atoms with Crippen molar-refractivity contribution in [2.75, 3.05) is 32.1 Å². The van der Waals surface area contributed by atoms with Crippen LogP contribution in [0.25, 0.3) is 0 Å². The van der Waals surface area contributed by atoms with Crippen LogP contribution in [-0.2, 0) is 0 Å². The fraction of sp³-hybridized carbons (Fsp3) is 0.583. The Hall–Kier alpha value is -1.69. The van der Waals surface area contributed by atoms with Crippen LogP contribution in [0.3, 0.4) is 0 Å². The van der Waals surface area contributed by atoms with E-state index < -0.39 is 0 Å². The summed E-state index contributed by atoms with van der Waals surface area (Å²) in [6.45, 7) is 1.86. The quantitative estimate of drug-likeness (QED) is 0.593. The summed E-state index contributed by atoms with van der Waals surface area (Å²) in [7, 11) is 4.23. The van der Waals surface area contributed by atoms with Gasteiger partial charge < -0.3 is 15.5 Å². The van der Waals surface area contributed by atoms with Crippen molar-refractivity contribution in [3.8, 4) is 0 Å². The Labute approximate surface area is 107 Å². The van der Waals surface area contributed by atoms with Crippen molar-refractivity contribution in [1.29, 1.82) is 5.41 Å². The summed E-state index contributed by atoms with van der Waals surface area (Å²) < 4.78 is 0. The van der Waals surface area contributed by atoms with Crippen LogP contribution in [0.4, 0.5) is 5.82 Å². The molecule has 18 heavy (non-hydrogen) atoms. The number of nitrogens with two attached hydrogens (primary N) is 1. The lowest BCUT2D eigenvalue weighted by atomic mass is 10.0. The van der Waals surface area contributed by atoms with Crippen molar-refractivity contribution in [2.45, 2.75) is 18.9 Å². The minimum Gasteiger partial charge on any atom is -0.384 e. The standard InChI is InChI=1S/C12H20N6/c1-17(2)9-4-7-18(8-5-9)12-10(11(13)14)3-6-15-16-12/h3,6,9H,4-5,7-8H2,1-2H3,(H3,13,14). The first-order valence-corrected chi connectivity index (χ1v) is 6.17. The zero-order valence-corrected chi connectivity index (χ0v) is 10.9. The highest BCUT2D eigenvalue weighted by Crippen LogP contribution is 2.22. The zero-order chi connectivity index (χ0) is 13.1. The average molecular weight is 248 g/mol. The zero-order valence-electron chi connectivity index (χ0n) is 10.9. The van der Waals surface area contributed by atoms with Gasteiger partial charge >= 0.3 is 0 Å². The van der Waals surface area contributed by atoms with Gasteiger partial charge in [-0.3, -0.25) is 5.41 Å². The molecule has 1 aromatic rings. The summed E-state index contributed by atoms with van der Waals surface area (Å²) in [5.41, 5.74) is 6.25. The molecule has 0 aliphatic carbocycles. The Morgan fingerprint density at radius 1 is 1.44 bits per heavy atom. The van der Waals surface area contributed by atoms with Gasteiger partial charge in [0.2, 0.25) is 0 Å². The first-order valence-electron chi connectivity index (χ1n) is 6.17. The predicted molar refractivity (Wildman–Crippen MR) is 72.0 cm³/mol. The minimum atomic E-state index is 0.0506. The highest BCUT2D eigenvalue weighted by molar-refractivity contribution is 5.99. The van der Waals surface area contributed by atoms with E-state index in [2.05, 4.69) is 34.1 Å². The number of hydrogen-bond donors (Lipinski definition) is 2. The van der Waals surface area contributed by atoms with Gasteiger partial charge in [-0.15, -0.1) is 5.10 Å². The van der Waals surface area contributed by atoms with E-state index in [1.807, 2.05) is 0 Å². The van der Waals surface area contributed by atoms with Crippen LogP contribution in [0, 0.1) is 5.41 Å². The molecule has 0 saturated carbocycles. The van der Waals surface area contributed by atoms with Gasteiger partial charge in [0, 0.05) is 19.1 Å². The third-order valence-electron chi connectivity index (χ3n) is 3.49. The molecule has 6 nitrogen and oxygen atoms in total. The molecule has 1 saturated heterocycles. The van der Waals surface area contributed by atoms with Gasteiger partial charge in [0.1, 0.15) is 5.84 Å². The molecule has 1 aromatic heterocycles. The Kier molecular flexibility index (Phi) is 3.76. The predicted octanol–water partition coefficient (Wildman–Crippen LogP) is 0.291. The summed E-state index contributed by atoms with van der Waals surface area (Å²) in [5.74, 6) is 0.789. The molecule has 0 radical (unpaired) electrons. The molecular formula is C12H20N6. The number of rotatable bonds is 3. The molecule has 0 aromatic carbocycles. The van der Waals surface area contributed by atoms with Crippen LogP contribution in [0.15, 0.2) is 12.3 Å². The molecule has 0 spiro atoms. The fourth-order valence-electron chi connectivity index (χ4n) is 2.36. The number of nitrogen functional groups attached to an aromatic ring is 1. The number of nitrogens with zero attached hydrogens (tertiary/aromatic N) is 4. The first kappa shape index (κ1) is 12.8. The number of aromatic nitrogens is 2. The number of nitrogens with one attached hydrogen (secondary N) is 1. The van der Waals surface area contributed by atoms with Gasteiger partial charge in [-0.2, -0.15) is 5.10 Å². The molecule has 0 bridgehead atoms. The Balaban J connectivity index is 2.12. The summed E-state index contributed by atoms with van der Waals surface area (Å²) in [6, 6.07) is 2.38. The number of piperidine rings is 1. The van der Waals surface area contributed by atoms with Gasteiger partial charge in [0.25, 0.3) is 0 Å². The van der Waals surface area contributed by atoms with Gasteiger partial charge in [-0.25, -0.2) is 0 Å². The minimum absolute atomic E-state index is 0.0506. The van der Waals surface area contributed by atoms with Crippen LogP contribution >= 0.6 is 0 Å². The molecule has 3 N–H and O–H groups in total. The maximum absolute atomic E-state index is 7.58. The summed E-state index contributed by atoms with van der Waals surface area (Å²) in [5, 5.41) is 15.6. The molecule has 1 fully saturated rings. The molecule has 98 valence electrons. The number of anilines is 1. The lowest BCUT2D eigenvalue weighted by Gasteiger charge is -2.36. The highest BCUT2D eigenvalue weighted by atomic mass is 15.3. The lowest BCUT2D eigenvalue weighted by Crippen LogP contribution is -2.43. The highest BCUT2D eigenvalue weighted by Gasteiger charge is 2.23. The van der Waals surface area contributed by atoms with Gasteiger partial charge in [-0.1, -0.05) is 0 Å². The molecular weight excluding hydrogens is 228 g/mol. The van der Waals surface area contributed by atoms with E-state index >= 15 is 0 Å². The number of amidine groups is 1. The smallest absolute Gasteiger partial charge is 0.162 e. The van der Waals surface area contributed by atoms with E-state index in [0.717, 1.165) is 31.7 Å². The maximum Gasteiger partial charge on any atom is 0.162 e. The number of hydrogen-bond acceptors (Lipinski definition) is 5. The van der Waals surface area contributed by atoms with Crippen molar-refractivity contribution >= 4 is 11.7 Å². The summed E-state index contributed by atoms with van der Waals surface area (Å²) in [6.07, 6.45) is 3.77. The average Bonchev–Trinajstić information content (AvgIpc) is 2.39. The van der Waals surface area contributed by atoms with E-state index in [1.165, 1.54) is 0 Å². The van der Waals surface area contributed by atoms with Crippen LogP contribution in [0.5, 0.6) is 0 Å². The topological polar surface area (TPSA) is 82.1 Å². The maximum atomic E-state index is 7.58. The third kappa shape index (κ3) is 2.59. The van der Waals surface area contributed by atoms with Crippen molar-refractivity contribution in [2.24, 2.45) is 5.73 Å². The fourth-order valence-corrected chi connectivity index (χ4v) is 2.36. The second kappa shape index (κ2) is 5.30. The Morgan fingerprint density at radius 2 is 2.11 bits per heavy atom. The van der Waals surface area contributed by atoms with E-state index in [1.54, 1.807) is 12.3 Å². The second-order valence-corrected chi connectivity index (χ2v) is 4.86. The lowest BCUT2D eigenvalue weighted by molar-refractivity contribution is 0.249. The molecule has 6 heteroatoms. The van der Waals surface area contributed by atoms with Crippen LogP contribution < -0.4 is 10.6 Å². The Morgan fingerprint density at radius 3 is 2.67 bits per heavy atom. The van der Waals surface area contributed by atoms with Crippen molar-refractivity contribution in [3.05, 3.63) is 17.8 Å². The van der Waals surface area contributed by atoms with Gasteiger partial charge in [0.05, 0.1) is 11.8 Å². The van der Waals surface area contributed by atoms with Gasteiger partial charge in [0.15, 0.2) is 5.82 Å². The van der Waals surface area contributed by atoms with Crippen molar-refractivity contribution < 1.29 is 0 Å². The Bertz CT molecular complexity index is 422. The molecule has 0 amide bonds. The second-order valence-electron chi connectivity index (χ2n) is 4.86. The molecule has 0 atom stereocenters.